The van der Waals surface area contributed by atoms with Crippen LogP contribution >= 0.6 is 0 Å². The first-order valence-electron chi connectivity index (χ1n) is 5.17. The molecule has 0 fully saturated rings. The van der Waals surface area contributed by atoms with E-state index >= 15 is 0 Å². The molecule has 3 N–H and O–H groups in total. The van der Waals surface area contributed by atoms with Crippen molar-refractivity contribution in [2.24, 2.45) is 5.92 Å². The highest BCUT2D eigenvalue weighted by Gasteiger charge is 2.19. The molecule has 0 spiro atoms. The molecule has 0 aromatic heterocycles. The number of nitrogen functional groups attached to an aromatic ring is 1. The van der Waals surface area contributed by atoms with E-state index in [1.54, 1.807) is 20.8 Å². The highest BCUT2D eigenvalue weighted by molar-refractivity contribution is 7.90. The van der Waals surface area contributed by atoms with E-state index in [9.17, 15) is 13.2 Å². The Morgan fingerprint density at radius 2 is 1.94 bits per heavy atom. The molecule has 6 heteroatoms. The van der Waals surface area contributed by atoms with Crippen molar-refractivity contribution in [1.82, 2.24) is 4.72 Å². The largest absolute Gasteiger partial charge is 0.399 e. The van der Waals surface area contributed by atoms with E-state index in [-0.39, 0.29) is 10.8 Å². The third-order valence-corrected chi connectivity index (χ3v) is 3.66. The van der Waals surface area contributed by atoms with Crippen LogP contribution in [0.1, 0.15) is 19.4 Å². The average molecular weight is 256 g/mol. The van der Waals surface area contributed by atoms with Gasteiger partial charge in [0.15, 0.2) is 0 Å². The number of anilines is 1. The van der Waals surface area contributed by atoms with Crippen molar-refractivity contribution in [3.63, 3.8) is 0 Å². The molecule has 1 aromatic carbocycles. The zero-order valence-corrected chi connectivity index (χ0v) is 10.8. The average Bonchev–Trinajstić information content (AvgIpc) is 2.21. The van der Waals surface area contributed by atoms with Crippen LogP contribution in [-0.2, 0) is 14.8 Å². The Hall–Kier alpha value is -1.56. The Labute approximate surface area is 101 Å². The molecule has 17 heavy (non-hydrogen) atoms. The van der Waals surface area contributed by atoms with Gasteiger partial charge in [-0.05, 0) is 30.7 Å². The summed E-state index contributed by atoms with van der Waals surface area (Å²) in [6.45, 7) is 4.96. The van der Waals surface area contributed by atoms with Crippen molar-refractivity contribution in [2.45, 2.75) is 25.7 Å². The van der Waals surface area contributed by atoms with Crippen LogP contribution in [0.15, 0.2) is 23.1 Å². The molecule has 0 saturated carbocycles. The lowest BCUT2D eigenvalue weighted by atomic mass is 10.2. The number of nitrogens with one attached hydrogen (secondary N) is 1. The lowest BCUT2D eigenvalue weighted by Gasteiger charge is -2.10. The first-order valence-corrected chi connectivity index (χ1v) is 6.65. The monoisotopic (exact) mass is 256 g/mol. The van der Waals surface area contributed by atoms with Crippen LogP contribution < -0.4 is 10.5 Å². The fourth-order valence-electron chi connectivity index (χ4n) is 1.12. The SMILES string of the molecule is Cc1cc(S(=O)(=O)NC(=O)C(C)C)ccc1N. The quantitative estimate of drug-likeness (QED) is 0.791. The number of carbonyl (C=O) groups is 1. The maximum Gasteiger partial charge on any atom is 0.264 e. The van der Waals surface area contributed by atoms with E-state index in [0.29, 0.717) is 11.3 Å². The Bertz CT molecular complexity index is 536. The molecule has 0 saturated heterocycles. The fourth-order valence-corrected chi connectivity index (χ4v) is 2.32. The highest BCUT2D eigenvalue weighted by Crippen LogP contribution is 2.16. The molecule has 0 radical (unpaired) electrons. The molecule has 94 valence electrons. The number of rotatable bonds is 3. The molecule has 1 aromatic rings. The van der Waals surface area contributed by atoms with Gasteiger partial charge in [-0.1, -0.05) is 13.8 Å². The minimum atomic E-state index is -3.80. The first-order chi connectivity index (χ1) is 7.74. The van der Waals surface area contributed by atoms with E-state index < -0.39 is 15.9 Å². The summed E-state index contributed by atoms with van der Waals surface area (Å²) in [5, 5.41) is 0. The van der Waals surface area contributed by atoms with Gasteiger partial charge in [-0.15, -0.1) is 0 Å². The second kappa shape index (κ2) is 4.75. The Morgan fingerprint density at radius 1 is 1.35 bits per heavy atom. The molecular formula is C11H16N2O3S. The number of hydrogen-bond acceptors (Lipinski definition) is 4. The number of amides is 1. The molecular weight excluding hydrogens is 240 g/mol. The van der Waals surface area contributed by atoms with Crippen molar-refractivity contribution in [1.29, 1.82) is 0 Å². The molecule has 0 heterocycles. The molecule has 0 atom stereocenters. The minimum Gasteiger partial charge on any atom is -0.399 e. The fraction of sp³-hybridized carbons (Fsp3) is 0.364. The summed E-state index contributed by atoms with van der Waals surface area (Å²) < 4.78 is 25.7. The van der Waals surface area contributed by atoms with E-state index in [2.05, 4.69) is 0 Å². The Morgan fingerprint density at radius 3 is 2.41 bits per heavy atom. The molecule has 0 aliphatic carbocycles. The molecule has 0 unspecified atom stereocenters. The summed E-state index contributed by atoms with van der Waals surface area (Å²) in [5.41, 5.74) is 6.77. The third-order valence-electron chi connectivity index (χ3n) is 2.31. The number of sulfonamides is 1. The normalized spacial score (nSPS) is 11.5. The molecule has 0 aliphatic rings. The van der Waals surface area contributed by atoms with E-state index in [0.717, 1.165) is 0 Å². The van der Waals surface area contributed by atoms with Crippen molar-refractivity contribution in [3.8, 4) is 0 Å². The first kappa shape index (κ1) is 13.5. The molecule has 1 amide bonds. The Balaban J connectivity index is 3.06. The summed E-state index contributed by atoms with van der Waals surface area (Å²) in [7, 11) is -3.80. The van der Waals surface area contributed by atoms with Gasteiger partial charge in [0.2, 0.25) is 5.91 Å². The van der Waals surface area contributed by atoms with Gasteiger partial charge in [0.1, 0.15) is 0 Å². The van der Waals surface area contributed by atoms with Crippen LogP contribution in [0.5, 0.6) is 0 Å². The second-order valence-electron chi connectivity index (χ2n) is 4.14. The molecule has 0 aliphatic heterocycles. The van der Waals surface area contributed by atoms with E-state index in [1.807, 2.05) is 4.72 Å². The van der Waals surface area contributed by atoms with Gasteiger partial charge in [-0.3, -0.25) is 4.79 Å². The van der Waals surface area contributed by atoms with Crippen LogP contribution in [0.25, 0.3) is 0 Å². The lowest BCUT2D eigenvalue weighted by Crippen LogP contribution is -2.33. The zero-order chi connectivity index (χ0) is 13.2. The third kappa shape index (κ3) is 3.20. The van der Waals surface area contributed by atoms with E-state index in [4.69, 9.17) is 5.73 Å². The van der Waals surface area contributed by atoms with Gasteiger partial charge >= 0.3 is 0 Å². The number of nitrogens with two attached hydrogens (primary N) is 1. The zero-order valence-electron chi connectivity index (χ0n) is 10.0. The number of aryl methyl sites for hydroxylation is 1. The van der Waals surface area contributed by atoms with Crippen LogP contribution in [0.3, 0.4) is 0 Å². The predicted molar refractivity (Wildman–Crippen MR) is 65.8 cm³/mol. The van der Waals surface area contributed by atoms with Gasteiger partial charge in [-0.25, -0.2) is 13.1 Å². The van der Waals surface area contributed by atoms with Crippen LogP contribution in [-0.4, -0.2) is 14.3 Å². The maximum atomic E-state index is 11.8. The van der Waals surface area contributed by atoms with Gasteiger partial charge in [0.25, 0.3) is 10.0 Å². The number of carbonyl (C=O) groups excluding carboxylic acids is 1. The summed E-state index contributed by atoms with van der Waals surface area (Å²) in [6.07, 6.45) is 0. The van der Waals surface area contributed by atoms with Crippen LogP contribution in [0.2, 0.25) is 0 Å². The smallest absolute Gasteiger partial charge is 0.264 e. The molecule has 5 nitrogen and oxygen atoms in total. The second-order valence-corrected chi connectivity index (χ2v) is 5.83. The van der Waals surface area contributed by atoms with Gasteiger partial charge < -0.3 is 5.73 Å². The van der Waals surface area contributed by atoms with Crippen molar-refractivity contribution >= 4 is 21.6 Å². The maximum absolute atomic E-state index is 11.8. The summed E-state index contributed by atoms with van der Waals surface area (Å²) in [4.78, 5) is 11.4. The standard InChI is InChI=1S/C11H16N2O3S/c1-7(2)11(14)13-17(15,16)9-4-5-10(12)8(3)6-9/h4-7H,12H2,1-3H3,(H,13,14). The van der Waals surface area contributed by atoms with Crippen LogP contribution in [0.4, 0.5) is 5.69 Å². The summed E-state index contributed by atoms with van der Waals surface area (Å²) in [6, 6.07) is 4.31. The van der Waals surface area contributed by atoms with Crippen LogP contribution in [0, 0.1) is 12.8 Å². The molecule has 1 rings (SSSR count). The number of hydrogen-bond donors (Lipinski definition) is 2. The number of benzene rings is 1. The van der Waals surface area contributed by atoms with Crippen molar-refractivity contribution < 1.29 is 13.2 Å². The predicted octanol–water partition coefficient (Wildman–Crippen LogP) is 1.04. The van der Waals surface area contributed by atoms with Gasteiger partial charge in [0.05, 0.1) is 4.90 Å². The van der Waals surface area contributed by atoms with Gasteiger partial charge in [0, 0.05) is 11.6 Å². The van der Waals surface area contributed by atoms with Crippen molar-refractivity contribution in [2.75, 3.05) is 5.73 Å². The summed E-state index contributed by atoms with van der Waals surface area (Å²) >= 11 is 0. The minimum absolute atomic E-state index is 0.0400. The topological polar surface area (TPSA) is 89.3 Å². The van der Waals surface area contributed by atoms with Crippen molar-refractivity contribution in [3.05, 3.63) is 23.8 Å². The highest BCUT2D eigenvalue weighted by atomic mass is 32.2. The summed E-state index contributed by atoms with van der Waals surface area (Å²) in [5.74, 6) is -0.917. The van der Waals surface area contributed by atoms with Gasteiger partial charge in [-0.2, -0.15) is 0 Å². The Kier molecular flexibility index (Phi) is 3.77. The molecule has 0 bridgehead atoms. The lowest BCUT2D eigenvalue weighted by molar-refractivity contribution is -0.122. The van der Waals surface area contributed by atoms with E-state index in [1.165, 1.54) is 18.2 Å².